The molecule has 0 saturated heterocycles. The fourth-order valence-corrected chi connectivity index (χ4v) is 1.75. The second kappa shape index (κ2) is 5.69. The highest BCUT2D eigenvalue weighted by Gasteiger charge is 2.10. The van der Waals surface area contributed by atoms with Crippen molar-refractivity contribution in [2.24, 2.45) is 0 Å². The first kappa shape index (κ1) is 12.6. The largest absolute Gasteiger partial charge is 0.310 e. The Bertz CT molecular complexity index is 536. The van der Waals surface area contributed by atoms with Crippen LogP contribution >= 0.6 is 11.6 Å². The third-order valence-electron chi connectivity index (χ3n) is 2.54. The van der Waals surface area contributed by atoms with E-state index in [4.69, 9.17) is 11.6 Å². The van der Waals surface area contributed by atoms with E-state index in [2.05, 4.69) is 10.4 Å². The zero-order chi connectivity index (χ0) is 13.0. The van der Waals surface area contributed by atoms with E-state index in [9.17, 15) is 4.79 Å². The lowest BCUT2D eigenvalue weighted by molar-refractivity contribution is -0.114. The lowest BCUT2D eigenvalue weighted by Crippen LogP contribution is -2.15. The van der Waals surface area contributed by atoms with Crippen LogP contribution in [-0.4, -0.2) is 21.6 Å². The fourth-order valence-electron chi connectivity index (χ4n) is 1.68. The van der Waals surface area contributed by atoms with Crippen LogP contribution in [0.1, 0.15) is 6.92 Å². The summed E-state index contributed by atoms with van der Waals surface area (Å²) in [5, 5.41) is 7.18. The summed E-state index contributed by atoms with van der Waals surface area (Å²) in [6, 6.07) is 11.7. The zero-order valence-electron chi connectivity index (χ0n) is 10.1. The molecule has 5 heteroatoms. The van der Waals surface area contributed by atoms with Gasteiger partial charge in [-0.25, -0.2) is 4.68 Å². The molecular weight excluding hydrogens is 250 g/mol. The number of benzene rings is 1. The predicted octanol–water partition coefficient (Wildman–Crippen LogP) is 2.75. The van der Waals surface area contributed by atoms with Gasteiger partial charge < -0.3 is 5.32 Å². The molecule has 1 amide bonds. The smallest absolute Gasteiger partial charge is 0.240 e. The normalized spacial score (nSPS) is 10.3. The van der Waals surface area contributed by atoms with E-state index in [0.717, 1.165) is 11.3 Å². The maximum atomic E-state index is 11.3. The lowest BCUT2D eigenvalue weighted by Gasteiger charge is -2.04. The van der Waals surface area contributed by atoms with Crippen molar-refractivity contribution in [1.29, 1.82) is 0 Å². The molecule has 18 heavy (non-hydrogen) atoms. The number of nitrogens with zero attached hydrogens (tertiary/aromatic N) is 2. The molecule has 0 bridgehead atoms. The highest BCUT2D eigenvalue weighted by atomic mass is 35.5. The molecule has 1 N–H and O–H groups in total. The first-order chi connectivity index (χ1) is 8.74. The minimum atomic E-state index is -0.231. The van der Waals surface area contributed by atoms with Crippen LogP contribution in [0.2, 0.25) is 0 Å². The molecule has 0 aliphatic rings. The molecule has 0 aliphatic heterocycles. The van der Waals surface area contributed by atoms with E-state index in [-0.39, 0.29) is 11.8 Å². The Kier molecular flexibility index (Phi) is 3.99. The second-order valence-corrected chi connectivity index (χ2v) is 4.05. The summed E-state index contributed by atoms with van der Waals surface area (Å²) in [4.78, 5) is 11.3. The van der Waals surface area contributed by atoms with Crippen LogP contribution in [0.4, 0.5) is 5.82 Å². The van der Waals surface area contributed by atoms with E-state index in [1.165, 1.54) is 0 Å². The molecule has 0 saturated carbocycles. The van der Waals surface area contributed by atoms with Gasteiger partial charge in [-0.15, -0.1) is 11.6 Å². The predicted molar refractivity (Wildman–Crippen MR) is 72.7 cm³/mol. The molecule has 0 atom stereocenters. The Morgan fingerprint density at radius 1 is 1.39 bits per heavy atom. The van der Waals surface area contributed by atoms with Gasteiger partial charge in [-0.2, -0.15) is 5.10 Å². The van der Waals surface area contributed by atoms with Crippen molar-refractivity contribution >= 4 is 23.3 Å². The Morgan fingerprint density at radius 2 is 2.11 bits per heavy atom. The molecule has 0 fully saturated rings. The number of halogens is 1. The van der Waals surface area contributed by atoms with Crippen LogP contribution in [0.3, 0.4) is 0 Å². The number of alkyl halides is 1. The number of rotatable bonds is 4. The van der Waals surface area contributed by atoms with Crippen molar-refractivity contribution in [1.82, 2.24) is 9.78 Å². The van der Waals surface area contributed by atoms with Crippen molar-refractivity contribution in [3.05, 3.63) is 36.4 Å². The second-order valence-electron chi connectivity index (χ2n) is 3.78. The number of aromatic nitrogens is 2. The van der Waals surface area contributed by atoms with E-state index in [0.29, 0.717) is 12.4 Å². The fraction of sp³-hybridized carbons (Fsp3) is 0.231. The van der Waals surface area contributed by atoms with E-state index >= 15 is 0 Å². The Morgan fingerprint density at radius 3 is 2.72 bits per heavy atom. The summed E-state index contributed by atoms with van der Waals surface area (Å²) < 4.78 is 1.74. The van der Waals surface area contributed by atoms with Gasteiger partial charge in [-0.1, -0.05) is 30.3 Å². The maximum absolute atomic E-state index is 11.3. The van der Waals surface area contributed by atoms with Crippen molar-refractivity contribution in [3.8, 4) is 11.3 Å². The number of anilines is 1. The Hall–Kier alpha value is -1.81. The average Bonchev–Trinajstić information content (AvgIpc) is 2.82. The maximum Gasteiger partial charge on any atom is 0.240 e. The monoisotopic (exact) mass is 263 g/mol. The topological polar surface area (TPSA) is 46.9 Å². The van der Waals surface area contributed by atoms with E-state index in [1.807, 2.05) is 43.3 Å². The Balaban J connectivity index is 2.32. The summed E-state index contributed by atoms with van der Waals surface area (Å²) in [6.45, 7) is 2.66. The van der Waals surface area contributed by atoms with Gasteiger partial charge in [0.1, 0.15) is 11.7 Å². The van der Waals surface area contributed by atoms with E-state index in [1.54, 1.807) is 4.68 Å². The molecule has 2 rings (SSSR count). The number of nitrogens with one attached hydrogen (secondary N) is 1. The quantitative estimate of drug-likeness (QED) is 0.863. The number of hydrogen-bond acceptors (Lipinski definition) is 2. The van der Waals surface area contributed by atoms with Crippen molar-refractivity contribution in [2.45, 2.75) is 13.5 Å². The van der Waals surface area contributed by atoms with Gasteiger partial charge in [0.25, 0.3) is 0 Å². The van der Waals surface area contributed by atoms with Gasteiger partial charge in [-0.05, 0) is 6.92 Å². The summed E-state index contributed by atoms with van der Waals surface area (Å²) in [5.74, 6) is 0.378. The molecule has 0 unspecified atom stereocenters. The first-order valence-electron chi connectivity index (χ1n) is 5.73. The van der Waals surface area contributed by atoms with Gasteiger partial charge in [0.15, 0.2) is 0 Å². The van der Waals surface area contributed by atoms with Crippen LogP contribution in [0.25, 0.3) is 11.3 Å². The molecular formula is C13H14ClN3O. The van der Waals surface area contributed by atoms with Crippen molar-refractivity contribution in [2.75, 3.05) is 11.2 Å². The number of carbonyl (C=O) groups excluding carboxylic acids is 1. The van der Waals surface area contributed by atoms with Crippen LogP contribution in [0.5, 0.6) is 0 Å². The molecule has 1 heterocycles. The van der Waals surface area contributed by atoms with Gasteiger partial charge in [-0.3, -0.25) is 4.79 Å². The Labute approximate surface area is 111 Å². The van der Waals surface area contributed by atoms with Crippen LogP contribution in [0.15, 0.2) is 36.4 Å². The van der Waals surface area contributed by atoms with Crippen molar-refractivity contribution < 1.29 is 4.79 Å². The number of carbonyl (C=O) groups is 1. The standard InChI is InChI=1S/C13H14ClN3O/c1-2-17-12(15-13(18)9-14)8-11(16-17)10-6-4-3-5-7-10/h3-8H,2,9H2,1H3,(H,15,18). The summed E-state index contributed by atoms with van der Waals surface area (Å²) in [5.41, 5.74) is 1.85. The molecule has 94 valence electrons. The van der Waals surface area contributed by atoms with Gasteiger partial charge in [0.2, 0.25) is 5.91 Å². The van der Waals surface area contributed by atoms with E-state index < -0.39 is 0 Å². The summed E-state index contributed by atoms with van der Waals surface area (Å²) in [6.07, 6.45) is 0. The minimum Gasteiger partial charge on any atom is -0.310 e. The molecule has 0 spiro atoms. The molecule has 0 radical (unpaired) electrons. The van der Waals surface area contributed by atoms with Crippen LogP contribution < -0.4 is 5.32 Å². The van der Waals surface area contributed by atoms with Gasteiger partial charge >= 0.3 is 0 Å². The van der Waals surface area contributed by atoms with Crippen molar-refractivity contribution in [3.63, 3.8) is 0 Å². The lowest BCUT2D eigenvalue weighted by atomic mass is 10.2. The van der Waals surface area contributed by atoms with Gasteiger partial charge in [0.05, 0.1) is 5.69 Å². The summed E-state index contributed by atoms with van der Waals surface area (Å²) >= 11 is 5.48. The zero-order valence-corrected chi connectivity index (χ0v) is 10.8. The average molecular weight is 264 g/mol. The molecule has 1 aromatic carbocycles. The molecule has 4 nitrogen and oxygen atoms in total. The molecule has 2 aromatic rings. The third-order valence-corrected chi connectivity index (χ3v) is 2.78. The highest BCUT2D eigenvalue weighted by Crippen LogP contribution is 2.21. The first-order valence-corrected chi connectivity index (χ1v) is 6.27. The highest BCUT2D eigenvalue weighted by molar-refractivity contribution is 6.29. The van der Waals surface area contributed by atoms with Gasteiger partial charge in [0, 0.05) is 18.2 Å². The number of hydrogen-bond donors (Lipinski definition) is 1. The molecule has 0 aliphatic carbocycles. The number of amides is 1. The third kappa shape index (κ3) is 2.71. The van der Waals surface area contributed by atoms with Crippen LogP contribution in [-0.2, 0) is 11.3 Å². The summed E-state index contributed by atoms with van der Waals surface area (Å²) in [7, 11) is 0. The molecule has 1 aromatic heterocycles. The van der Waals surface area contributed by atoms with Crippen LogP contribution in [0, 0.1) is 0 Å². The minimum absolute atomic E-state index is 0.0600. The number of aryl methyl sites for hydroxylation is 1. The SMILES string of the molecule is CCn1nc(-c2ccccc2)cc1NC(=O)CCl.